The molecule has 0 aliphatic heterocycles. The van der Waals surface area contributed by atoms with E-state index in [2.05, 4.69) is 45.5 Å². The first-order valence-electron chi connectivity index (χ1n) is 3.72. The molecule has 3 heteroatoms. The van der Waals surface area contributed by atoms with Gasteiger partial charge in [-0.1, -0.05) is 28.1 Å². The Kier molecular flexibility index (Phi) is 6.44. The van der Waals surface area contributed by atoms with Crippen LogP contribution in [-0.4, -0.2) is 13.6 Å². The van der Waals surface area contributed by atoms with Gasteiger partial charge in [0, 0.05) is 4.47 Å². The van der Waals surface area contributed by atoms with Crippen molar-refractivity contribution in [1.29, 1.82) is 0 Å². The fraction of sp³-hybridized carbons (Fsp3) is 0.333. The molecule has 0 radical (unpaired) electrons. The molecule has 1 N–H and O–H groups in total. The van der Waals surface area contributed by atoms with Crippen LogP contribution in [0.1, 0.15) is 5.56 Å². The predicted octanol–water partition coefficient (Wildman–Crippen LogP) is 2.63. The molecule has 68 valence electrons. The summed E-state index contributed by atoms with van der Waals surface area (Å²) in [5.74, 6) is 0. The first-order valence-corrected chi connectivity index (χ1v) is 4.51. The van der Waals surface area contributed by atoms with E-state index in [-0.39, 0.29) is 12.4 Å². The highest BCUT2D eigenvalue weighted by atomic mass is 79.9. The van der Waals surface area contributed by atoms with E-state index in [0.717, 1.165) is 17.4 Å². The van der Waals surface area contributed by atoms with Crippen LogP contribution in [0.5, 0.6) is 0 Å². The minimum atomic E-state index is 0. The number of likely N-dealkylation sites (N-methyl/N-ethyl adjacent to an activating group) is 1. The van der Waals surface area contributed by atoms with Crippen LogP contribution in [0.25, 0.3) is 0 Å². The van der Waals surface area contributed by atoms with E-state index in [0.29, 0.717) is 0 Å². The van der Waals surface area contributed by atoms with Gasteiger partial charge in [0.15, 0.2) is 0 Å². The molecule has 0 spiro atoms. The molecule has 0 fully saturated rings. The molecule has 0 amide bonds. The van der Waals surface area contributed by atoms with Crippen molar-refractivity contribution < 1.29 is 0 Å². The maximum Gasteiger partial charge on any atom is 0.0175 e. The highest BCUT2D eigenvalue weighted by Crippen LogP contribution is 2.10. The van der Waals surface area contributed by atoms with Crippen molar-refractivity contribution in [1.82, 2.24) is 5.32 Å². The summed E-state index contributed by atoms with van der Waals surface area (Å²) in [5.41, 5.74) is 1.38. The third-order valence-corrected chi connectivity index (χ3v) is 2.11. The Bertz CT molecular complexity index is 210. The van der Waals surface area contributed by atoms with Gasteiger partial charge in [-0.25, -0.2) is 0 Å². The number of hydrogen-bond acceptors (Lipinski definition) is 1. The van der Waals surface area contributed by atoms with Crippen LogP contribution >= 0.6 is 28.3 Å². The van der Waals surface area contributed by atoms with E-state index in [9.17, 15) is 0 Å². The van der Waals surface area contributed by atoms with Crippen molar-refractivity contribution in [2.75, 3.05) is 13.6 Å². The molecule has 0 aliphatic carbocycles. The molecule has 1 rings (SSSR count). The molecule has 0 heterocycles. The average molecular weight is 251 g/mol. The van der Waals surface area contributed by atoms with Gasteiger partial charge in [0.2, 0.25) is 0 Å². The van der Waals surface area contributed by atoms with Crippen molar-refractivity contribution in [2.45, 2.75) is 6.42 Å². The standard InChI is InChI=1S/C9H12BrN.ClH/c1-11-7-6-8-2-4-9(10)5-3-8;/h2-5,11H,6-7H2,1H3;1H. The molecule has 0 saturated heterocycles. The summed E-state index contributed by atoms with van der Waals surface area (Å²) in [5, 5.41) is 3.12. The second kappa shape index (κ2) is 6.46. The zero-order valence-electron chi connectivity index (χ0n) is 7.01. The maximum absolute atomic E-state index is 3.40. The van der Waals surface area contributed by atoms with E-state index in [1.54, 1.807) is 0 Å². The summed E-state index contributed by atoms with van der Waals surface area (Å²) in [6, 6.07) is 8.43. The zero-order valence-corrected chi connectivity index (χ0v) is 9.41. The van der Waals surface area contributed by atoms with E-state index >= 15 is 0 Å². The normalized spacial score (nSPS) is 9.17. The van der Waals surface area contributed by atoms with Crippen molar-refractivity contribution in [2.24, 2.45) is 0 Å². The van der Waals surface area contributed by atoms with Gasteiger partial charge < -0.3 is 5.32 Å². The molecule has 0 saturated carbocycles. The van der Waals surface area contributed by atoms with Gasteiger partial charge in [-0.15, -0.1) is 12.4 Å². The highest BCUT2D eigenvalue weighted by Gasteiger charge is 1.90. The predicted molar refractivity (Wildman–Crippen MR) is 59.0 cm³/mol. The minimum absolute atomic E-state index is 0. The minimum Gasteiger partial charge on any atom is -0.319 e. The second-order valence-electron chi connectivity index (χ2n) is 2.48. The smallest absolute Gasteiger partial charge is 0.0175 e. The summed E-state index contributed by atoms with van der Waals surface area (Å²) >= 11 is 3.40. The number of rotatable bonds is 3. The topological polar surface area (TPSA) is 12.0 Å². The molecular formula is C9H13BrClN. The van der Waals surface area contributed by atoms with Gasteiger partial charge in [0.1, 0.15) is 0 Å². The Hall–Kier alpha value is -0.0500. The molecule has 1 nitrogen and oxygen atoms in total. The van der Waals surface area contributed by atoms with Crippen molar-refractivity contribution >= 4 is 28.3 Å². The van der Waals surface area contributed by atoms with Gasteiger partial charge in [-0.2, -0.15) is 0 Å². The molecular weight excluding hydrogens is 237 g/mol. The first kappa shape index (κ1) is 11.9. The molecule has 0 unspecified atom stereocenters. The maximum atomic E-state index is 3.40. The van der Waals surface area contributed by atoms with Crippen molar-refractivity contribution in [3.8, 4) is 0 Å². The number of nitrogens with one attached hydrogen (secondary N) is 1. The lowest BCUT2D eigenvalue weighted by Gasteiger charge is -1.99. The van der Waals surface area contributed by atoms with Crippen molar-refractivity contribution in [3.05, 3.63) is 34.3 Å². The van der Waals surface area contributed by atoms with Gasteiger partial charge in [-0.3, -0.25) is 0 Å². The molecule has 0 aromatic heterocycles. The summed E-state index contributed by atoms with van der Waals surface area (Å²) in [6.45, 7) is 1.04. The van der Waals surface area contributed by atoms with E-state index in [1.165, 1.54) is 5.56 Å². The van der Waals surface area contributed by atoms with Gasteiger partial charge in [0.05, 0.1) is 0 Å². The van der Waals surface area contributed by atoms with E-state index in [1.807, 2.05) is 7.05 Å². The van der Waals surface area contributed by atoms with Gasteiger partial charge >= 0.3 is 0 Å². The van der Waals surface area contributed by atoms with Crippen LogP contribution in [0.3, 0.4) is 0 Å². The van der Waals surface area contributed by atoms with Gasteiger partial charge in [0.25, 0.3) is 0 Å². The number of hydrogen-bond donors (Lipinski definition) is 1. The monoisotopic (exact) mass is 249 g/mol. The molecule has 0 bridgehead atoms. The molecule has 1 aromatic carbocycles. The summed E-state index contributed by atoms with van der Waals surface area (Å²) in [7, 11) is 1.97. The molecule has 0 aliphatic rings. The fourth-order valence-electron chi connectivity index (χ4n) is 0.920. The summed E-state index contributed by atoms with van der Waals surface area (Å²) in [6.07, 6.45) is 1.10. The van der Waals surface area contributed by atoms with Crippen LogP contribution in [-0.2, 0) is 6.42 Å². The third kappa shape index (κ3) is 4.10. The Labute approximate surface area is 88.1 Å². The first-order chi connectivity index (χ1) is 5.33. The van der Waals surface area contributed by atoms with Gasteiger partial charge in [-0.05, 0) is 37.7 Å². The third-order valence-electron chi connectivity index (χ3n) is 1.58. The largest absolute Gasteiger partial charge is 0.319 e. The van der Waals surface area contributed by atoms with Crippen molar-refractivity contribution in [3.63, 3.8) is 0 Å². The Morgan fingerprint density at radius 2 is 1.83 bits per heavy atom. The molecule has 12 heavy (non-hydrogen) atoms. The van der Waals surface area contributed by atoms with Crippen LogP contribution < -0.4 is 5.32 Å². The summed E-state index contributed by atoms with van der Waals surface area (Å²) < 4.78 is 1.14. The average Bonchev–Trinajstić information content (AvgIpc) is 2.04. The lowest BCUT2D eigenvalue weighted by Crippen LogP contribution is -2.09. The van der Waals surface area contributed by atoms with E-state index in [4.69, 9.17) is 0 Å². The van der Waals surface area contributed by atoms with Crippen LogP contribution in [0.4, 0.5) is 0 Å². The Balaban J connectivity index is 0.00000121. The molecule has 0 atom stereocenters. The SMILES string of the molecule is CNCCc1ccc(Br)cc1.Cl. The Morgan fingerprint density at radius 3 is 2.33 bits per heavy atom. The number of halogens is 2. The lowest BCUT2D eigenvalue weighted by atomic mass is 10.1. The second-order valence-corrected chi connectivity index (χ2v) is 3.40. The molecule has 1 aromatic rings. The highest BCUT2D eigenvalue weighted by molar-refractivity contribution is 9.10. The van der Waals surface area contributed by atoms with E-state index < -0.39 is 0 Å². The Morgan fingerprint density at radius 1 is 1.25 bits per heavy atom. The van der Waals surface area contributed by atoms with Crippen LogP contribution in [0.2, 0.25) is 0 Å². The quantitative estimate of drug-likeness (QED) is 0.870. The van der Waals surface area contributed by atoms with Crippen LogP contribution in [0.15, 0.2) is 28.7 Å². The number of benzene rings is 1. The van der Waals surface area contributed by atoms with Crippen LogP contribution in [0, 0.1) is 0 Å². The lowest BCUT2D eigenvalue weighted by molar-refractivity contribution is 0.792. The summed E-state index contributed by atoms with van der Waals surface area (Å²) in [4.78, 5) is 0. The zero-order chi connectivity index (χ0) is 8.10. The fourth-order valence-corrected chi connectivity index (χ4v) is 1.18.